The molecule has 5 aliphatic rings. The lowest BCUT2D eigenvalue weighted by molar-refractivity contribution is -0.930. The first-order valence-corrected chi connectivity index (χ1v) is 42.8. The van der Waals surface area contributed by atoms with Crippen LogP contribution in [-0.4, -0.2) is 260 Å². The van der Waals surface area contributed by atoms with Gasteiger partial charge in [0.15, 0.2) is 0 Å². The van der Waals surface area contributed by atoms with Gasteiger partial charge in [-0.25, -0.2) is 0 Å². The summed E-state index contributed by atoms with van der Waals surface area (Å²) in [6, 6.07) is -6.38. The first kappa shape index (κ1) is 99.0. The standard InChI is InChI=1S/C83H144N18O16/c1-23-82(21,73(114)87-55(45-50(3)4)49-98-41-32-40-97-39-31-36-63(97)98)93-66(107)57(47-52(7)8)88-64(105)53(9)86-70(111)77(11,12)91-68(109)59-34-26-29-43-100(59)76(117)81(19,20)95-72(113)79(15,16)90-62(104)48-85-61(103)37-38-84-65(106)56(46-51(5)6)89-71(112)78(13,14)96-74(115)83(22,24-2)94-69(110)60-35-27-30-44-101(60)75(116)80(17,18)92-67(108)58-33-25-28-42-99(58)54(10)102/h50-53,55-60,63H,23-49H2,1-22H3,(H,84,106)(H,85,103)(H,86,111)(H,87,114)(H,88,105)(H,89,112)(H,90,104)(H,91,109)(H,92,108)(H,93,107)(H,94,110)(H,95,113)(H,96,115)/p+1/t53?,55?,56-,57?,58-,59-,60-,63?,82?,83?/m0/s1. The predicted octanol–water partition coefficient (Wildman–Crippen LogP) is 0.624. The molecule has 14 N–H and O–H groups in total. The van der Waals surface area contributed by atoms with Crippen molar-refractivity contribution >= 4 is 94.5 Å². The van der Waals surface area contributed by atoms with Crippen LogP contribution in [0.3, 0.4) is 0 Å². The average molecular weight is 1650 g/mol. The second-order valence-electron chi connectivity index (χ2n) is 37.5. The Morgan fingerprint density at radius 2 is 0.838 bits per heavy atom. The van der Waals surface area contributed by atoms with Crippen molar-refractivity contribution < 1.29 is 81.6 Å². The lowest BCUT2D eigenvalue weighted by atomic mass is 9.91. The zero-order chi connectivity index (χ0) is 88.3. The molecule has 5 aliphatic heterocycles. The van der Waals surface area contributed by atoms with E-state index in [1.807, 2.05) is 34.6 Å². The monoisotopic (exact) mass is 1650 g/mol. The molecule has 11 atom stereocenters. The van der Waals surface area contributed by atoms with E-state index in [1.165, 1.54) is 97.3 Å². The molecule has 0 spiro atoms. The summed E-state index contributed by atoms with van der Waals surface area (Å²) < 4.78 is 0. The van der Waals surface area contributed by atoms with Crippen molar-refractivity contribution in [2.45, 2.75) is 355 Å². The van der Waals surface area contributed by atoms with E-state index in [0.29, 0.717) is 57.3 Å². The number of quaternary nitrogens is 1. The minimum absolute atomic E-state index is 0.0649. The van der Waals surface area contributed by atoms with Gasteiger partial charge in [-0.15, -0.1) is 0 Å². The summed E-state index contributed by atoms with van der Waals surface area (Å²) in [5.74, 6) is -9.63. The molecule has 0 radical (unpaired) electrons. The van der Waals surface area contributed by atoms with Crippen LogP contribution < -0.4 is 74.0 Å². The summed E-state index contributed by atoms with van der Waals surface area (Å²) in [5, 5.41) is 36.0. The summed E-state index contributed by atoms with van der Waals surface area (Å²) >= 11 is 0. The molecule has 16 amide bonds. The quantitative estimate of drug-likeness (QED) is 0.0401. The van der Waals surface area contributed by atoms with Crippen LogP contribution in [0.4, 0.5) is 0 Å². The number of rotatable bonds is 39. The highest BCUT2D eigenvalue weighted by molar-refractivity contribution is 6.03. The van der Waals surface area contributed by atoms with E-state index in [0.717, 1.165) is 51.7 Å². The number of carbonyl (C=O) groups is 16. The third-order valence-corrected chi connectivity index (χ3v) is 23.4. The third-order valence-electron chi connectivity index (χ3n) is 23.4. The predicted molar refractivity (Wildman–Crippen MR) is 441 cm³/mol. The smallest absolute Gasteiger partial charge is 0.248 e. The number of hydrogen-bond acceptors (Lipinski definition) is 17. The van der Waals surface area contributed by atoms with Gasteiger partial charge in [0.25, 0.3) is 0 Å². The van der Waals surface area contributed by atoms with E-state index in [2.05, 4.69) is 87.9 Å². The largest absolute Gasteiger partial charge is 0.354 e. The number of amides is 16. The maximum absolute atomic E-state index is 14.5. The molecule has 5 fully saturated rings. The van der Waals surface area contributed by atoms with Crippen LogP contribution in [0.15, 0.2) is 0 Å². The zero-order valence-corrected chi connectivity index (χ0v) is 74.3. The maximum Gasteiger partial charge on any atom is 0.248 e. The molecule has 0 aromatic rings. The Labute approximate surface area is 693 Å². The Bertz CT molecular complexity index is 3580. The molecule has 5 saturated heterocycles. The number of fused-ring (bicyclic) bond motifs is 1. The molecule has 7 unspecified atom stereocenters. The van der Waals surface area contributed by atoms with Gasteiger partial charge in [-0.2, -0.15) is 0 Å². The molecule has 117 heavy (non-hydrogen) atoms. The number of hydrogen-bond donors (Lipinski definition) is 14. The highest BCUT2D eigenvalue weighted by Crippen LogP contribution is 2.28. The summed E-state index contributed by atoms with van der Waals surface area (Å²) in [6.45, 7) is 39.7. The Morgan fingerprint density at radius 1 is 0.393 bits per heavy atom. The number of likely N-dealkylation sites (tertiary alicyclic amines) is 3. The molecule has 0 aromatic heterocycles. The molecule has 34 nitrogen and oxygen atoms in total. The molecule has 662 valence electrons. The van der Waals surface area contributed by atoms with Crippen LogP contribution in [0.1, 0.15) is 268 Å². The van der Waals surface area contributed by atoms with Crippen LogP contribution in [0.2, 0.25) is 0 Å². The molecular weight excluding hydrogens is 1510 g/mol. The fraction of sp³-hybridized carbons (Fsp3) is 0.807. The minimum atomic E-state index is -1.67. The van der Waals surface area contributed by atoms with Crippen molar-refractivity contribution in [3.05, 3.63) is 0 Å². The van der Waals surface area contributed by atoms with Gasteiger partial charge in [0, 0.05) is 77.9 Å². The molecule has 0 saturated carbocycles. The number of nitrogens with zero attached hydrogens (tertiary/aromatic N) is 4. The zero-order valence-electron chi connectivity index (χ0n) is 74.3. The summed E-state index contributed by atoms with van der Waals surface area (Å²) in [5.41, 5.74) is -11.0. The SMILES string of the molecule is CCC(C)(NC(=O)C(CC(C)C)NC(=O)C(C)NC(=O)C(C)(C)NC(=O)[C@@H]1CCCCN1C(=O)C(C)(C)NC(=O)C(C)(C)NC(=O)CNC(=O)CCNC(=O)[C@H](CC(C)C)NC(=O)C(C)(C)NC(=O)C(C)(CC)NC(=O)[C@@H]1CCCCN1C(=O)C(C)(C)NC(=O)[C@@H]1CCCCN1C(C)=O)C(=O)NC(CC(C)C)CN1CCC[NH+]2CCCC12. The van der Waals surface area contributed by atoms with Crippen LogP contribution in [0.5, 0.6) is 0 Å². The molecule has 34 heteroatoms. The van der Waals surface area contributed by atoms with Gasteiger partial charge in [-0.05, 0) is 198 Å². The molecule has 0 aromatic carbocycles. The lowest BCUT2D eigenvalue weighted by Crippen LogP contribution is -3.16. The van der Waals surface area contributed by atoms with Gasteiger partial charge in [-0.1, -0.05) is 55.4 Å². The number of piperidine rings is 3. The van der Waals surface area contributed by atoms with E-state index in [1.54, 1.807) is 32.6 Å². The van der Waals surface area contributed by atoms with Crippen molar-refractivity contribution in [2.75, 3.05) is 58.9 Å². The van der Waals surface area contributed by atoms with Crippen molar-refractivity contribution in [1.29, 1.82) is 0 Å². The molecule has 5 heterocycles. The van der Waals surface area contributed by atoms with Crippen molar-refractivity contribution in [3.8, 4) is 0 Å². The Morgan fingerprint density at radius 3 is 1.36 bits per heavy atom. The van der Waals surface area contributed by atoms with Crippen molar-refractivity contribution in [2.24, 2.45) is 17.8 Å². The normalized spacial score (nSPS) is 21.0. The number of carbonyl (C=O) groups excluding carboxylic acids is 16. The van der Waals surface area contributed by atoms with Gasteiger partial charge < -0.3 is 88.7 Å². The molecule has 0 aliphatic carbocycles. The van der Waals surface area contributed by atoms with Gasteiger partial charge in [0.05, 0.1) is 19.6 Å². The third kappa shape index (κ3) is 28.0. The fourth-order valence-corrected chi connectivity index (χ4v) is 15.9. The van der Waals surface area contributed by atoms with Gasteiger partial charge in [0.1, 0.15) is 81.2 Å². The van der Waals surface area contributed by atoms with E-state index < -0.39 is 164 Å². The number of nitrogens with one attached hydrogen (secondary N) is 14. The van der Waals surface area contributed by atoms with Gasteiger partial charge in [0.2, 0.25) is 94.5 Å². The maximum atomic E-state index is 14.5. The second kappa shape index (κ2) is 42.4. The summed E-state index contributed by atoms with van der Waals surface area (Å²) in [4.78, 5) is 230. The summed E-state index contributed by atoms with van der Waals surface area (Å²) in [7, 11) is 0. The van der Waals surface area contributed by atoms with Crippen molar-refractivity contribution in [1.82, 2.24) is 88.7 Å². The lowest BCUT2D eigenvalue weighted by Gasteiger charge is -2.42. The highest BCUT2D eigenvalue weighted by Gasteiger charge is 2.49. The summed E-state index contributed by atoms with van der Waals surface area (Å²) in [6.07, 6.45) is 9.71. The van der Waals surface area contributed by atoms with Gasteiger partial charge >= 0.3 is 0 Å². The molecule has 0 bridgehead atoms. The van der Waals surface area contributed by atoms with Gasteiger partial charge in [-0.3, -0.25) is 81.6 Å². The van der Waals surface area contributed by atoms with Crippen molar-refractivity contribution in [3.63, 3.8) is 0 Å². The van der Waals surface area contributed by atoms with Crippen LogP contribution >= 0.6 is 0 Å². The van der Waals surface area contributed by atoms with Crippen LogP contribution in [0.25, 0.3) is 0 Å². The van der Waals surface area contributed by atoms with E-state index >= 15 is 0 Å². The van der Waals surface area contributed by atoms with Crippen LogP contribution in [-0.2, 0) is 76.7 Å². The van der Waals surface area contributed by atoms with E-state index in [4.69, 9.17) is 0 Å². The first-order valence-electron chi connectivity index (χ1n) is 42.8. The second-order valence-corrected chi connectivity index (χ2v) is 37.5. The Kier molecular flexibility index (Phi) is 35.9. The Balaban J connectivity index is 1.09. The topological polar surface area (TPSA) is 447 Å². The fourth-order valence-electron chi connectivity index (χ4n) is 15.9. The highest BCUT2D eigenvalue weighted by atomic mass is 16.2. The first-order chi connectivity index (χ1) is 54.2. The van der Waals surface area contributed by atoms with E-state index in [9.17, 15) is 76.7 Å². The van der Waals surface area contributed by atoms with E-state index in [-0.39, 0.29) is 94.3 Å². The molecule has 5 rings (SSSR count). The van der Waals surface area contributed by atoms with Crippen LogP contribution in [0, 0.1) is 17.8 Å². The average Bonchev–Trinajstić information content (AvgIpc) is 1.44. The molecular formula is C83H145N18O16+. The minimum Gasteiger partial charge on any atom is -0.354 e. The Hall–Kier alpha value is -8.56.